The molecular weight excluding hydrogens is 326 g/mol. The molecule has 0 spiro atoms. The highest BCUT2D eigenvalue weighted by Crippen LogP contribution is 2.16. The summed E-state index contributed by atoms with van der Waals surface area (Å²) < 4.78 is 0. The van der Waals surface area contributed by atoms with Crippen LogP contribution >= 0.6 is 0 Å². The van der Waals surface area contributed by atoms with Crippen LogP contribution in [0.4, 0.5) is 10.6 Å². The van der Waals surface area contributed by atoms with Crippen LogP contribution in [0, 0.1) is 0 Å². The zero-order chi connectivity index (χ0) is 18.8. The van der Waals surface area contributed by atoms with E-state index in [2.05, 4.69) is 46.2 Å². The third-order valence-electron chi connectivity index (χ3n) is 5.20. The minimum Gasteiger partial charge on any atom is -0.357 e. The van der Waals surface area contributed by atoms with Gasteiger partial charge in [0.1, 0.15) is 5.82 Å². The number of anilines is 1. The topological polar surface area (TPSA) is 60.5 Å². The van der Waals surface area contributed by atoms with Crippen molar-refractivity contribution >= 4 is 11.8 Å². The fraction of sp³-hybridized carbons (Fsp3) is 0.700. The maximum atomic E-state index is 11.9. The molecule has 1 fully saturated rings. The van der Waals surface area contributed by atoms with Crippen molar-refractivity contribution in [2.75, 3.05) is 37.6 Å². The summed E-state index contributed by atoms with van der Waals surface area (Å²) in [6, 6.07) is 4.62. The van der Waals surface area contributed by atoms with E-state index in [0.717, 1.165) is 37.4 Å². The van der Waals surface area contributed by atoms with Gasteiger partial charge >= 0.3 is 6.03 Å². The molecular formula is C20H35N5O. The van der Waals surface area contributed by atoms with Gasteiger partial charge in [0.25, 0.3) is 0 Å². The number of pyridine rings is 1. The molecule has 0 saturated carbocycles. The second kappa shape index (κ2) is 11.0. The quantitative estimate of drug-likeness (QED) is 0.664. The van der Waals surface area contributed by atoms with E-state index in [1.165, 1.54) is 25.8 Å². The van der Waals surface area contributed by atoms with E-state index in [-0.39, 0.29) is 6.03 Å². The van der Waals surface area contributed by atoms with Gasteiger partial charge in [0.2, 0.25) is 0 Å². The molecule has 1 saturated heterocycles. The van der Waals surface area contributed by atoms with Crippen LogP contribution in [0.5, 0.6) is 0 Å². The molecule has 1 atom stereocenters. The average Bonchev–Trinajstić information content (AvgIpc) is 2.67. The first-order chi connectivity index (χ1) is 12.6. The highest BCUT2D eigenvalue weighted by atomic mass is 16.2. The minimum absolute atomic E-state index is 0.107. The van der Waals surface area contributed by atoms with E-state index in [1.807, 2.05) is 18.3 Å². The number of carbonyl (C=O) groups excluding carboxylic acids is 1. The lowest BCUT2D eigenvalue weighted by molar-refractivity contribution is 0.159. The maximum Gasteiger partial charge on any atom is 0.315 e. The van der Waals surface area contributed by atoms with E-state index >= 15 is 0 Å². The van der Waals surface area contributed by atoms with Crippen molar-refractivity contribution in [2.45, 2.75) is 59.0 Å². The normalized spacial score (nSPS) is 17.7. The largest absolute Gasteiger partial charge is 0.357 e. The number of likely N-dealkylation sites (tertiary alicyclic amines) is 1. The Bertz CT molecular complexity index is 530. The molecule has 2 amide bonds. The SMILES string of the molecule is CCN(CC)c1ccc(CNC(=O)NCCCN2CCCC[C@H]2C)cn1. The number of nitrogens with one attached hydrogen (secondary N) is 2. The molecule has 26 heavy (non-hydrogen) atoms. The summed E-state index contributed by atoms with van der Waals surface area (Å²) in [5.74, 6) is 0.982. The second-order valence-electron chi connectivity index (χ2n) is 7.04. The zero-order valence-corrected chi connectivity index (χ0v) is 16.6. The van der Waals surface area contributed by atoms with Crippen molar-refractivity contribution in [1.82, 2.24) is 20.5 Å². The van der Waals surface area contributed by atoms with E-state index in [0.29, 0.717) is 19.1 Å². The van der Waals surface area contributed by atoms with Gasteiger partial charge in [0.15, 0.2) is 0 Å². The van der Waals surface area contributed by atoms with E-state index in [4.69, 9.17) is 0 Å². The van der Waals surface area contributed by atoms with Crippen LogP contribution in [0.25, 0.3) is 0 Å². The van der Waals surface area contributed by atoms with Gasteiger partial charge in [-0.3, -0.25) is 0 Å². The van der Waals surface area contributed by atoms with Gasteiger partial charge in [-0.2, -0.15) is 0 Å². The zero-order valence-electron chi connectivity index (χ0n) is 16.6. The number of amides is 2. The van der Waals surface area contributed by atoms with Crippen molar-refractivity contribution in [3.8, 4) is 0 Å². The first-order valence-corrected chi connectivity index (χ1v) is 10.1. The van der Waals surface area contributed by atoms with Gasteiger partial charge < -0.3 is 20.4 Å². The summed E-state index contributed by atoms with van der Waals surface area (Å²) in [5, 5.41) is 5.86. The van der Waals surface area contributed by atoms with Crippen LogP contribution in [0.15, 0.2) is 18.3 Å². The maximum absolute atomic E-state index is 11.9. The monoisotopic (exact) mass is 361 g/mol. The second-order valence-corrected chi connectivity index (χ2v) is 7.04. The minimum atomic E-state index is -0.107. The highest BCUT2D eigenvalue weighted by Gasteiger charge is 2.17. The fourth-order valence-corrected chi connectivity index (χ4v) is 3.47. The summed E-state index contributed by atoms with van der Waals surface area (Å²) in [6.45, 7) is 11.9. The predicted octanol–water partition coefficient (Wildman–Crippen LogP) is 2.99. The molecule has 0 unspecified atom stereocenters. The van der Waals surface area contributed by atoms with Crippen LogP contribution < -0.4 is 15.5 Å². The molecule has 0 aromatic carbocycles. The van der Waals surface area contributed by atoms with E-state index in [1.54, 1.807) is 0 Å². The number of rotatable bonds is 9. The van der Waals surface area contributed by atoms with Crippen molar-refractivity contribution < 1.29 is 4.79 Å². The Morgan fingerprint density at radius 2 is 2.08 bits per heavy atom. The highest BCUT2D eigenvalue weighted by molar-refractivity contribution is 5.73. The van der Waals surface area contributed by atoms with E-state index in [9.17, 15) is 4.79 Å². The summed E-state index contributed by atoms with van der Waals surface area (Å²) in [4.78, 5) is 21.2. The molecule has 146 valence electrons. The Labute approximate surface area is 158 Å². The van der Waals surface area contributed by atoms with Gasteiger partial charge in [-0.25, -0.2) is 9.78 Å². The number of piperidine rings is 1. The lowest BCUT2D eigenvalue weighted by atomic mass is 10.0. The third kappa shape index (κ3) is 6.48. The Balaban J connectivity index is 1.62. The van der Waals surface area contributed by atoms with Crippen molar-refractivity contribution in [3.05, 3.63) is 23.9 Å². The van der Waals surface area contributed by atoms with Crippen molar-refractivity contribution in [2.24, 2.45) is 0 Å². The first kappa shape index (κ1) is 20.5. The predicted molar refractivity (Wildman–Crippen MR) is 108 cm³/mol. The average molecular weight is 362 g/mol. The number of nitrogens with zero attached hydrogens (tertiary/aromatic N) is 3. The Hall–Kier alpha value is -1.82. The molecule has 6 heteroatoms. The van der Waals surface area contributed by atoms with Crippen LogP contribution in [-0.4, -0.2) is 54.7 Å². The number of carbonyl (C=O) groups is 1. The Morgan fingerprint density at radius 1 is 1.27 bits per heavy atom. The fourth-order valence-electron chi connectivity index (χ4n) is 3.47. The molecule has 1 aliphatic heterocycles. The van der Waals surface area contributed by atoms with Gasteiger partial charge in [-0.05, 0) is 58.2 Å². The summed E-state index contributed by atoms with van der Waals surface area (Å²) in [5.41, 5.74) is 1.01. The molecule has 0 radical (unpaired) electrons. The lowest BCUT2D eigenvalue weighted by Crippen LogP contribution is -2.40. The molecule has 6 nitrogen and oxygen atoms in total. The number of hydrogen-bond donors (Lipinski definition) is 2. The molecule has 2 heterocycles. The molecule has 0 bridgehead atoms. The van der Waals surface area contributed by atoms with Crippen LogP contribution in [0.3, 0.4) is 0 Å². The number of aromatic nitrogens is 1. The summed E-state index contributed by atoms with van der Waals surface area (Å²) in [6.07, 6.45) is 6.79. The van der Waals surface area contributed by atoms with Gasteiger partial charge in [0.05, 0.1) is 0 Å². The third-order valence-corrected chi connectivity index (χ3v) is 5.20. The number of hydrogen-bond acceptors (Lipinski definition) is 4. The van der Waals surface area contributed by atoms with Crippen LogP contribution in [0.1, 0.15) is 52.0 Å². The van der Waals surface area contributed by atoms with Crippen LogP contribution in [-0.2, 0) is 6.54 Å². The van der Waals surface area contributed by atoms with E-state index < -0.39 is 0 Å². The molecule has 0 aliphatic carbocycles. The smallest absolute Gasteiger partial charge is 0.315 e. The molecule has 1 aliphatic rings. The van der Waals surface area contributed by atoms with Gasteiger partial charge in [-0.15, -0.1) is 0 Å². The van der Waals surface area contributed by atoms with Crippen molar-refractivity contribution in [3.63, 3.8) is 0 Å². The Morgan fingerprint density at radius 3 is 2.73 bits per heavy atom. The first-order valence-electron chi connectivity index (χ1n) is 10.1. The molecule has 1 aromatic heterocycles. The van der Waals surface area contributed by atoms with Crippen LogP contribution in [0.2, 0.25) is 0 Å². The lowest BCUT2D eigenvalue weighted by Gasteiger charge is -2.33. The van der Waals surface area contributed by atoms with Crippen molar-refractivity contribution in [1.29, 1.82) is 0 Å². The summed E-state index contributed by atoms with van der Waals surface area (Å²) >= 11 is 0. The molecule has 2 N–H and O–H groups in total. The molecule has 1 aromatic rings. The Kier molecular flexibility index (Phi) is 8.68. The standard InChI is InChI=1S/C20H35N5O/c1-4-24(5-2)19-11-10-18(15-22-19)16-23-20(26)21-12-8-14-25-13-7-6-9-17(25)3/h10-11,15,17H,4-9,12-14,16H2,1-3H3,(H2,21,23,26)/t17-/m1/s1. The molecule has 2 rings (SSSR count). The summed E-state index contributed by atoms with van der Waals surface area (Å²) in [7, 11) is 0. The van der Waals surface area contributed by atoms with Gasteiger partial charge in [0, 0.05) is 45.0 Å². The number of urea groups is 1. The van der Waals surface area contributed by atoms with Gasteiger partial charge in [-0.1, -0.05) is 12.5 Å².